The summed E-state index contributed by atoms with van der Waals surface area (Å²) >= 11 is 1.40. The molecule has 2 rings (SSSR count). The number of aliphatic hydroxyl groups is 1. The van der Waals surface area contributed by atoms with E-state index in [-0.39, 0.29) is 17.9 Å². The Kier molecular flexibility index (Phi) is 4.35. The normalized spacial score (nSPS) is 18.6. The van der Waals surface area contributed by atoms with Crippen LogP contribution in [0.5, 0.6) is 0 Å². The van der Waals surface area contributed by atoms with Gasteiger partial charge in [0.2, 0.25) is 0 Å². The Bertz CT molecular complexity index is 411. The first kappa shape index (κ1) is 13.5. The lowest BCUT2D eigenvalue weighted by Gasteiger charge is -2.35. The van der Waals surface area contributed by atoms with Gasteiger partial charge in [0.25, 0.3) is 5.91 Å². The minimum absolute atomic E-state index is 0.0704. The first-order valence-electron chi connectivity index (χ1n) is 6.47. The highest BCUT2D eigenvalue weighted by molar-refractivity contribution is 7.13. The van der Waals surface area contributed by atoms with Crippen LogP contribution in [0, 0.1) is 12.3 Å². The Morgan fingerprint density at radius 2 is 2.22 bits per heavy atom. The molecule has 1 heterocycles. The van der Waals surface area contributed by atoms with Crippen LogP contribution in [0.3, 0.4) is 0 Å². The van der Waals surface area contributed by atoms with Crippen molar-refractivity contribution in [1.82, 2.24) is 10.3 Å². The van der Waals surface area contributed by atoms with Crippen molar-refractivity contribution in [2.24, 2.45) is 5.41 Å². The minimum Gasteiger partial charge on any atom is -0.396 e. The third-order valence-corrected chi connectivity index (χ3v) is 4.63. The summed E-state index contributed by atoms with van der Waals surface area (Å²) in [7, 11) is 0. The summed E-state index contributed by atoms with van der Waals surface area (Å²) in [5.74, 6) is -0.0704. The largest absolute Gasteiger partial charge is 0.396 e. The SMILES string of the molecule is Cc1ncc(C(=O)NCC2(CO)CCCCC2)s1. The molecule has 0 unspecified atom stereocenters. The maximum absolute atomic E-state index is 11.9. The molecule has 0 aromatic carbocycles. The zero-order valence-corrected chi connectivity index (χ0v) is 11.6. The molecule has 0 bridgehead atoms. The highest BCUT2D eigenvalue weighted by atomic mass is 32.1. The van der Waals surface area contributed by atoms with Crippen LogP contribution in [-0.2, 0) is 0 Å². The molecular weight excluding hydrogens is 248 g/mol. The van der Waals surface area contributed by atoms with Gasteiger partial charge in [-0.3, -0.25) is 4.79 Å². The van der Waals surface area contributed by atoms with Crippen molar-refractivity contribution in [3.63, 3.8) is 0 Å². The lowest BCUT2D eigenvalue weighted by Crippen LogP contribution is -2.41. The van der Waals surface area contributed by atoms with E-state index in [0.29, 0.717) is 11.4 Å². The van der Waals surface area contributed by atoms with Crippen LogP contribution in [0.25, 0.3) is 0 Å². The molecule has 2 N–H and O–H groups in total. The van der Waals surface area contributed by atoms with E-state index in [9.17, 15) is 9.90 Å². The molecule has 1 aliphatic carbocycles. The Labute approximate surface area is 111 Å². The summed E-state index contributed by atoms with van der Waals surface area (Å²) in [4.78, 5) is 16.7. The standard InChI is InChI=1S/C13H20N2O2S/c1-10-14-7-11(18-10)12(17)15-8-13(9-16)5-3-2-4-6-13/h7,16H,2-6,8-9H2,1H3,(H,15,17). The van der Waals surface area contributed by atoms with Crippen molar-refractivity contribution in [3.05, 3.63) is 16.1 Å². The van der Waals surface area contributed by atoms with E-state index in [1.165, 1.54) is 17.8 Å². The maximum Gasteiger partial charge on any atom is 0.263 e. The van der Waals surface area contributed by atoms with Crippen molar-refractivity contribution in [1.29, 1.82) is 0 Å². The van der Waals surface area contributed by atoms with Gasteiger partial charge in [-0.1, -0.05) is 19.3 Å². The van der Waals surface area contributed by atoms with Gasteiger partial charge in [0.05, 0.1) is 17.8 Å². The van der Waals surface area contributed by atoms with Crippen molar-refractivity contribution in [3.8, 4) is 0 Å². The minimum atomic E-state index is -0.104. The Balaban J connectivity index is 1.91. The zero-order chi connectivity index (χ0) is 13.0. The van der Waals surface area contributed by atoms with Crippen molar-refractivity contribution >= 4 is 17.2 Å². The predicted molar refractivity (Wildman–Crippen MR) is 71.8 cm³/mol. The van der Waals surface area contributed by atoms with E-state index in [2.05, 4.69) is 10.3 Å². The first-order valence-corrected chi connectivity index (χ1v) is 7.28. The second kappa shape index (κ2) is 5.80. The van der Waals surface area contributed by atoms with Crippen LogP contribution in [0.2, 0.25) is 0 Å². The molecular formula is C13H20N2O2S. The van der Waals surface area contributed by atoms with Gasteiger partial charge in [-0.05, 0) is 19.8 Å². The van der Waals surface area contributed by atoms with Crippen LogP contribution < -0.4 is 5.32 Å². The monoisotopic (exact) mass is 268 g/mol. The molecule has 1 aromatic rings. The topological polar surface area (TPSA) is 62.2 Å². The molecule has 18 heavy (non-hydrogen) atoms. The third kappa shape index (κ3) is 3.09. The second-order valence-electron chi connectivity index (χ2n) is 5.14. The Hall–Kier alpha value is -0.940. The van der Waals surface area contributed by atoms with Gasteiger partial charge in [-0.2, -0.15) is 0 Å². The summed E-state index contributed by atoms with van der Waals surface area (Å²) < 4.78 is 0. The van der Waals surface area contributed by atoms with Crippen molar-refractivity contribution < 1.29 is 9.90 Å². The fourth-order valence-corrected chi connectivity index (χ4v) is 3.21. The number of amides is 1. The molecule has 1 fully saturated rings. The summed E-state index contributed by atoms with van der Waals surface area (Å²) in [5, 5.41) is 13.4. The molecule has 1 amide bonds. The van der Waals surface area contributed by atoms with E-state index < -0.39 is 0 Å². The number of nitrogens with zero attached hydrogens (tertiary/aromatic N) is 1. The molecule has 0 aliphatic heterocycles. The smallest absolute Gasteiger partial charge is 0.263 e. The van der Waals surface area contributed by atoms with E-state index in [4.69, 9.17) is 0 Å². The van der Waals surface area contributed by atoms with Gasteiger partial charge in [0, 0.05) is 12.0 Å². The van der Waals surface area contributed by atoms with Gasteiger partial charge >= 0.3 is 0 Å². The molecule has 1 aliphatic rings. The van der Waals surface area contributed by atoms with Gasteiger partial charge < -0.3 is 10.4 Å². The molecule has 5 heteroatoms. The van der Waals surface area contributed by atoms with Crippen LogP contribution >= 0.6 is 11.3 Å². The number of aliphatic hydroxyl groups excluding tert-OH is 1. The number of aromatic nitrogens is 1. The highest BCUT2D eigenvalue weighted by Gasteiger charge is 2.31. The molecule has 0 saturated heterocycles. The van der Waals surface area contributed by atoms with Crippen LogP contribution in [0.15, 0.2) is 6.20 Å². The second-order valence-corrected chi connectivity index (χ2v) is 6.38. The fourth-order valence-electron chi connectivity index (χ4n) is 2.51. The zero-order valence-electron chi connectivity index (χ0n) is 10.7. The summed E-state index contributed by atoms with van der Waals surface area (Å²) in [6.45, 7) is 2.62. The molecule has 0 spiro atoms. The van der Waals surface area contributed by atoms with Gasteiger partial charge in [0.1, 0.15) is 4.88 Å². The molecule has 4 nitrogen and oxygen atoms in total. The molecule has 0 atom stereocenters. The predicted octanol–water partition coefficient (Wildman–Crippen LogP) is 2.12. The Morgan fingerprint density at radius 3 is 2.78 bits per heavy atom. The molecule has 100 valence electrons. The number of rotatable bonds is 4. The van der Waals surface area contributed by atoms with Crippen LogP contribution in [0.1, 0.15) is 46.8 Å². The molecule has 0 radical (unpaired) electrons. The summed E-state index contributed by atoms with van der Waals surface area (Å²) in [5.41, 5.74) is -0.104. The number of nitrogens with one attached hydrogen (secondary N) is 1. The summed E-state index contributed by atoms with van der Waals surface area (Å²) in [6.07, 6.45) is 7.16. The highest BCUT2D eigenvalue weighted by Crippen LogP contribution is 2.35. The van der Waals surface area contributed by atoms with E-state index in [1.54, 1.807) is 6.20 Å². The Morgan fingerprint density at radius 1 is 1.50 bits per heavy atom. The summed E-state index contributed by atoms with van der Waals surface area (Å²) in [6, 6.07) is 0. The van der Waals surface area contributed by atoms with Gasteiger partial charge in [-0.15, -0.1) is 11.3 Å². The maximum atomic E-state index is 11.9. The number of hydrogen-bond donors (Lipinski definition) is 2. The average Bonchev–Trinajstić information content (AvgIpc) is 2.84. The van der Waals surface area contributed by atoms with E-state index in [0.717, 1.165) is 30.7 Å². The quantitative estimate of drug-likeness (QED) is 0.879. The number of hydrogen-bond acceptors (Lipinski definition) is 4. The molecule has 1 aromatic heterocycles. The number of carbonyl (C=O) groups excluding carboxylic acids is 1. The van der Waals surface area contributed by atoms with Crippen LogP contribution in [0.4, 0.5) is 0 Å². The number of aryl methyl sites for hydroxylation is 1. The van der Waals surface area contributed by atoms with Crippen molar-refractivity contribution in [2.75, 3.05) is 13.2 Å². The number of carbonyl (C=O) groups is 1. The molecule has 1 saturated carbocycles. The fraction of sp³-hybridized carbons (Fsp3) is 0.692. The van der Waals surface area contributed by atoms with Crippen molar-refractivity contribution in [2.45, 2.75) is 39.0 Å². The van der Waals surface area contributed by atoms with Gasteiger partial charge in [0.15, 0.2) is 0 Å². The first-order chi connectivity index (χ1) is 8.65. The average molecular weight is 268 g/mol. The van der Waals surface area contributed by atoms with E-state index >= 15 is 0 Å². The lowest BCUT2D eigenvalue weighted by molar-refractivity contribution is 0.0720. The third-order valence-electron chi connectivity index (χ3n) is 3.72. The number of thiazole rings is 1. The van der Waals surface area contributed by atoms with Crippen LogP contribution in [-0.4, -0.2) is 29.1 Å². The lowest BCUT2D eigenvalue weighted by atomic mass is 9.74. The van der Waals surface area contributed by atoms with Gasteiger partial charge in [-0.25, -0.2) is 4.98 Å². The van der Waals surface area contributed by atoms with E-state index in [1.807, 2.05) is 6.92 Å².